The molecule has 0 bridgehead atoms. The van der Waals surface area contributed by atoms with Crippen LogP contribution in [0.4, 0.5) is 0 Å². The maximum absolute atomic E-state index is 5.68. The van der Waals surface area contributed by atoms with Gasteiger partial charge >= 0.3 is 0 Å². The van der Waals surface area contributed by atoms with E-state index in [1.165, 1.54) is 16.0 Å². The summed E-state index contributed by atoms with van der Waals surface area (Å²) in [5.41, 5.74) is 3.71. The van der Waals surface area contributed by atoms with Gasteiger partial charge < -0.3 is 15.1 Å². The molecule has 6 nitrogen and oxygen atoms in total. The molecule has 2 N–H and O–H groups in total. The highest BCUT2D eigenvalue weighted by molar-refractivity contribution is 14.0. The van der Waals surface area contributed by atoms with Crippen LogP contribution in [0.15, 0.2) is 51.2 Å². The van der Waals surface area contributed by atoms with Crippen molar-refractivity contribution in [2.45, 2.75) is 46.3 Å². The molecule has 1 aromatic carbocycles. The van der Waals surface area contributed by atoms with Crippen LogP contribution in [0.5, 0.6) is 0 Å². The fraction of sp³-hybridized carbons (Fsp3) is 0.417. The largest absolute Gasteiger partial charge is 0.444 e. The van der Waals surface area contributed by atoms with E-state index >= 15 is 0 Å². The van der Waals surface area contributed by atoms with E-state index in [9.17, 15) is 0 Å². The first-order chi connectivity index (χ1) is 15.1. The van der Waals surface area contributed by atoms with Gasteiger partial charge in [0.15, 0.2) is 5.96 Å². The van der Waals surface area contributed by atoms with E-state index in [4.69, 9.17) is 9.41 Å². The molecule has 0 saturated heterocycles. The molecular weight excluding hydrogens is 533 g/mol. The number of aliphatic imine (C=N–C) groups is 1. The predicted octanol–water partition coefficient (Wildman–Crippen LogP) is 4.83. The van der Waals surface area contributed by atoms with Gasteiger partial charge in [0, 0.05) is 31.1 Å². The Morgan fingerprint density at radius 1 is 1.22 bits per heavy atom. The fourth-order valence-corrected chi connectivity index (χ4v) is 4.85. The van der Waals surface area contributed by atoms with Crippen LogP contribution in [0, 0.1) is 13.8 Å². The number of thiophene rings is 1. The highest BCUT2D eigenvalue weighted by Gasteiger charge is 2.25. The number of aryl methyl sites for hydroxylation is 2. The molecule has 32 heavy (non-hydrogen) atoms. The number of hydrogen-bond donors (Lipinski definition) is 2. The van der Waals surface area contributed by atoms with Crippen LogP contribution < -0.4 is 10.6 Å². The number of halogens is 1. The maximum Gasteiger partial charge on any atom is 0.216 e. The lowest BCUT2D eigenvalue weighted by Crippen LogP contribution is -2.44. The summed E-state index contributed by atoms with van der Waals surface area (Å²) < 4.78 is 5.68. The lowest BCUT2D eigenvalue weighted by Gasteiger charge is -2.35. The molecule has 0 fully saturated rings. The van der Waals surface area contributed by atoms with Gasteiger partial charge in [-0.1, -0.05) is 30.3 Å². The van der Waals surface area contributed by atoms with Gasteiger partial charge in [-0.3, -0.25) is 4.90 Å². The molecule has 1 aliphatic rings. The predicted molar refractivity (Wildman–Crippen MR) is 142 cm³/mol. The zero-order valence-corrected chi connectivity index (χ0v) is 22.1. The molecule has 3 aromatic rings. The average molecular weight is 566 g/mol. The molecule has 0 saturated carbocycles. The fourth-order valence-electron chi connectivity index (χ4n) is 3.96. The van der Waals surface area contributed by atoms with Crippen LogP contribution in [0.3, 0.4) is 0 Å². The van der Waals surface area contributed by atoms with Crippen molar-refractivity contribution < 1.29 is 4.42 Å². The van der Waals surface area contributed by atoms with E-state index in [1.54, 1.807) is 0 Å². The quantitative estimate of drug-likeness (QED) is 0.244. The zero-order chi connectivity index (χ0) is 21.6. The van der Waals surface area contributed by atoms with Crippen LogP contribution >= 0.6 is 35.3 Å². The summed E-state index contributed by atoms with van der Waals surface area (Å²) in [7, 11) is 0. The number of aromatic nitrogens is 1. The minimum Gasteiger partial charge on any atom is -0.444 e. The molecule has 0 aliphatic carbocycles. The lowest BCUT2D eigenvalue weighted by atomic mass is 10.0. The number of nitrogens with one attached hydrogen (secondary N) is 2. The summed E-state index contributed by atoms with van der Waals surface area (Å²) in [5, 5.41) is 9.12. The third-order valence-electron chi connectivity index (χ3n) is 5.71. The molecule has 2 aromatic heterocycles. The summed E-state index contributed by atoms with van der Waals surface area (Å²) in [6, 6.07) is 13.3. The minimum atomic E-state index is 0. The van der Waals surface area contributed by atoms with Crippen LogP contribution in [0.25, 0.3) is 0 Å². The third kappa shape index (κ3) is 6.11. The Morgan fingerprint density at radius 3 is 2.75 bits per heavy atom. The molecule has 1 aliphatic heterocycles. The molecule has 4 rings (SSSR count). The third-order valence-corrected chi connectivity index (χ3v) is 6.74. The van der Waals surface area contributed by atoms with E-state index in [-0.39, 0.29) is 30.0 Å². The number of guanidine groups is 1. The minimum absolute atomic E-state index is 0. The van der Waals surface area contributed by atoms with E-state index in [2.05, 4.69) is 69.2 Å². The van der Waals surface area contributed by atoms with Crippen molar-refractivity contribution in [1.82, 2.24) is 20.5 Å². The summed E-state index contributed by atoms with van der Waals surface area (Å²) in [5.74, 6) is 2.28. The van der Waals surface area contributed by atoms with E-state index in [1.807, 2.05) is 25.2 Å². The second-order valence-electron chi connectivity index (χ2n) is 7.84. The molecule has 8 heteroatoms. The Hall–Kier alpha value is -1.91. The number of oxazole rings is 1. The lowest BCUT2D eigenvalue weighted by molar-refractivity contribution is 0.181. The second-order valence-corrected chi connectivity index (χ2v) is 8.84. The first kappa shape index (κ1) is 24.7. The number of benzene rings is 1. The Labute approximate surface area is 211 Å². The molecule has 1 unspecified atom stereocenters. The first-order valence-electron chi connectivity index (χ1n) is 10.9. The average Bonchev–Trinajstić information content (AvgIpc) is 3.38. The molecule has 0 spiro atoms. The van der Waals surface area contributed by atoms with Gasteiger partial charge in [-0.2, -0.15) is 0 Å². The number of nitrogens with zero attached hydrogens (tertiary/aromatic N) is 3. The number of fused-ring (bicyclic) bond motifs is 1. The van der Waals surface area contributed by atoms with Crippen molar-refractivity contribution in [3.05, 3.63) is 75.1 Å². The highest BCUT2D eigenvalue weighted by atomic mass is 127. The van der Waals surface area contributed by atoms with Crippen molar-refractivity contribution in [2.75, 3.05) is 19.6 Å². The standard InChI is InChI=1S/C24H31N5OS.HI/c1-4-25-24(27-15-23-28-17(2)18(3)30-23)26-14-21(19-8-6-5-7-9-19)29-12-10-22-20(16-29)11-13-31-22;/h5-9,11,13,21H,4,10,12,14-16H2,1-3H3,(H2,25,26,27);1H. The van der Waals surface area contributed by atoms with Gasteiger partial charge in [-0.05, 0) is 49.8 Å². The van der Waals surface area contributed by atoms with Crippen LogP contribution in [-0.2, 0) is 19.5 Å². The molecule has 1 atom stereocenters. The van der Waals surface area contributed by atoms with Crippen molar-refractivity contribution in [2.24, 2.45) is 4.99 Å². The molecule has 0 amide bonds. The SMILES string of the molecule is CCNC(=NCc1nc(C)c(C)o1)NCC(c1ccccc1)N1CCc2sccc2C1.I. The summed E-state index contributed by atoms with van der Waals surface area (Å²) >= 11 is 1.88. The first-order valence-corrected chi connectivity index (χ1v) is 11.8. The van der Waals surface area contributed by atoms with E-state index in [0.717, 1.165) is 50.0 Å². The Bertz CT molecular complexity index is 997. The van der Waals surface area contributed by atoms with Crippen molar-refractivity contribution in [3.63, 3.8) is 0 Å². The molecule has 3 heterocycles. The van der Waals surface area contributed by atoms with E-state index in [0.29, 0.717) is 12.4 Å². The highest BCUT2D eigenvalue weighted by Crippen LogP contribution is 2.30. The summed E-state index contributed by atoms with van der Waals surface area (Å²) in [6.07, 6.45) is 1.12. The van der Waals surface area contributed by atoms with Crippen molar-refractivity contribution in [1.29, 1.82) is 0 Å². The monoisotopic (exact) mass is 565 g/mol. The normalized spacial score (nSPS) is 15.0. The van der Waals surface area contributed by atoms with Gasteiger partial charge in [-0.15, -0.1) is 35.3 Å². The van der Waals surface area contributed by atoms with Gasteiger partial charge in [0.25, 0.3) is 0 Å². The molecule has 0 radical (unpaired) electrons. The van der Waals surface area contributed by atoms with Crippen molar-refractivity contribution in [3.8, 4) is 0 Å². The summed E-state index contributed by atoms with van der Waals surface area (Å²) in [4.78, 5) is 13.2. The molecule has 172 valence electrons. The van der Waals surface area contributed by atoms with E-state index < -0.39 is 0 Å². The Kier molecular flexibility index (Phi) is 9.12. The van der Waals surface area contributed by atoms with Crippen LogP contribution in [-0.4, -0.2) is 35.5 Å². The van der Waals surface area contributed by atoms with Gasteiger partial charge in [0.05, 0.1) is 11.7 Å². The Morgan fingerprint density at radius 2 is 2.03 bits per heavy atom. The molecular formula is C24H32IN5OS. The van der Waals surface area contributed by atoms with Crippen LogP contribution in [0.1, 0.15) is 46.3 Å². The van der Waals surface area contributed by atoms with Crippen LogP contribution in [0.2, 0.25) is 0 Å². The number of hydrogen-bond acceptors (Lipinski definition) is 5. The zero-order valence-electron chi connectivity index (χ0n) is 18.9. The number of rotatable bonds is 7. The smallest absolute Gasteiger partial charge is 0.216 e. The topological polar surface area (TPSA) is 65.7 Å². The van der Waals surface area contributed by atoms with Gasteiger partial charge in [-0.25, -0.2) is 9.98 Å². The second kappa shape index (κ2) is 11.8. The van der Waals surface area contributed by atoms with Crippen molar-refractivity contribution >= 4 is 41.3 Å². The maximum atomic E-state index is 5.68. The van der Waals surface area contributed by atoms with Gasteiger partial charge in [0.1, 0.15) is 12.3 Å². The van der Waals surface area contributed by atoms with Gasteiger partial charge in [0.2, 0.25) is 5.89 Å². The Balaban J connectivity index is 0.00000289. The summed E-state index contributed by atoms with van der Waals surface area (Å²) in [6.45, 7) is 10.0.